The van der Waals surface area contributed by atoms with Crippen molar-refractivity contribution >= 4 is 5.91 Å². The van der Waals surface area contributed by atoms with Gasteiger partial charge in [-0.25, -0.2) is 0 Å². The van der Waals surface area contributed by atoms with Gasteiger partial charge in [0.25, 0.3) is 0 Å². The highest BCUT2D eigenvalue weighted by molar-refractivity contribution is 5.95. The summed E-state index contributed by atoms with van der Waals surface area (Å²) in [6.07, 6.45) is 6.29. The second-order valence-corrected chi connectivity index (χ2v) is 1.66. The smallest absolute Gasteiger partial charge is 0.248 e. The summed E-state index contributed by atoms with van der Waals surface area (Å²) >= 11 is 0. The van der Waals surface area contributed by atoms with E-state index in [9.17, 15) is 4.79 Å². The molecule has 0 unspecified atom stereocenters. The molecule has 0 atom stereocenters. The summed E-state index contributed by atoms with van der Waals surface area (Å²) in [6.45, 7) is 0. The summed E-state index contributed by atoms with van der Waals surface area (Å²) in [5.41, 5.74) is 5.57. The number of rotatable bonds is 1. The van der Waals surface area contributed by atoms with E-state index < -0.39 is 0 Å². The van der Waals surface area contributed by atoms with E-state index in [1.54, 1.807) is 6.08 Å². The molecule has 0 bridgehead atoms. The Balaban J connectivity index is 2.72. The van der Waals surface area contributed by atoms with Gasteiger partial charge >= 0.3 is 0 Å². The zero-order valence-electron chi connectivity index (χ0n) is 4.42. The average Bonchev–Trinajstić information content (AvgIpc) is 2.12. The Bertz CT molecular complexity index is 167. The van der Waals surface area contributed by atoms with Crippen LogP contribution in [0.3, 0.4) is 0 Å². The highest BCUT2D eigenvalue weighted by Gasteiger charge is 2.01. The standard InChI is InChI=1S/C6H7NO/c7-6(8)5-3-1-2-4-5/h1,3-4H,2H2,(H2,7,8). The molecule has 0 saturated carbocycles. The predicted octanol–water partition coefficient (Wildman–Crippen LogP) is 0.358. The van der Waals surface area contributed by atoms with Gasteiger partial charge in [-0.1, -0.05) is 18.2 Å². The molecule has 1 aliphatic carbocycles. The summed E-state index contributed by atoms with van der Waals surface area (Å²) in [4.78, 5) is 10.3. The summed E-state index contributed by atoms with van der Waals surface area (Å²) < 4.78 is 0. The molecule has 0 radical (unpaired) electrons. The maximum atomic E-state index is 10.3. The fourth-order valence-corrected chi connectivity index (χ4v) is 0.641. The molecule has 2 N–H and O–H groups in total. The van der Waals surface area contributed by atoms with E-state index in [0.717, 1.165) is 6.42 Å². The van der Waals surface area contributed by atoms with Crippen LogP contribution in [0.2, 0.25) is 0 Å². The van der Waals surface area contributed by atoms with Crippen molar-refractivity contribution in [1.29, 1.82) is 0 Å². The molecule has 1 aliphatic rings. The number of carbonyl (C=O) groups excluding carboxylic acids is 1. The number of carbonyl (C=O) groups is 1. The molecule has 42 valence electrons. The van der Waals surface area contributed by atoms with Crippen LogP contribution >= 0.6 is 0 Å². The number of primary amides is 1. The van der Waals surface area contributed by atoms with Crippen molar-refractivity contribution in [3.8, 4) is 0 Å². The first-order valence-electron chi connectivity index (χ1n) is 2.47. The van der Waals surface area contributed by atoms with Crippen LogP contribution in [0.1, 0.15) is 6.42 Å². The monoisotopic (exact) mass is 109 g/mol. The third-order valence-electron chi connectivity index (χ3n) is 1.06. The number of allylic oxidation sites excluding steroid dienone is 2. The van der Waals surface area contributed by atoms with E-state index in [4.69, 9.17) is 5.73 Å². The van der Waals surface area contributed by atoms with Crippen molar-refractivity contribution in [3.05, 3.63) is 23.8 Å². The lowest BCUT2D eigenvalue weighted by molar-refractivity contribution is -0.114. The average molecular weight is 109 g/mol. The minimum atomic E-state index is -0.334. The largest absolute Gasteiger partial charge is 0.366 e. The van der Waals surface area contributed by atoms with Gasteiger partial charge in [0.05, 0.1) is 0 Å². The molecule has 2 heteroatoms. The quantitative estimate of drug-likeness (QED) is 0.519. The summed E-state index contributed by atoms with van der Waals surface area (Å²) in [5.74, 6) is -0.334. The van der Waals surface area contributed by atoms with Gasteiger partial charge in [0.1, 0.15) is 0 Å². The number of hydrogen-bond acceptors (Lipinski definition) is 1. The second kappa shape index (κ2) is 1.82. The normalized spacial score (nSPS) is 16.2. The number of amides is 1. The minimum Gasteiger partial charge on any atom is -0.366 e. The predicted molar refractivity (Wildman–Crippen MR) is 31.0 cm³/mol. The molecule has 1 rings (SSSR count). The highest BCUT2D eigenvalue weighted by Crippen LogP contribution is 2.06. The van der Waals surface area contributed by atoms with Gasteiger partial charge in [-0.2, -0.15) is 0 Å². The topological polar surface area (TPSA) is 43.1 Å². The Morgan fingerprint density at radius 3 is 2.75 bits per heavy atom. The van der Waals surface area contributed by atoms with E-state index >= 15 is 0 Å². The third-order valence-corrected chi connectivity index (χ3v) is 1.06. The lowest BCUT2D eigenvalue weighted by atomic mass is 10.3. The van der Waals surface area contributed by atoms with Gasteiger partial charge in [-0.15, -0.1) is 0 Å². The van der Waals surface area contributed by atoms with Crippen LogP contribution in [-0.4, -0.2) is 5.91 Å². The zero-order chi connectivity index (χ0) is 5.98. The zero-order valence-corrected chi connectivity index (χ0v) is 4.42. The van der Waals surface area contributed by atoms with E-state index in [1.807, 2.05) is 12.2 Å². The molecule has 0 heterocycles. The number of nitrogens with two attached hydrogens (primary N) is 1. The summed E-state index contributed by atoms with van der Waals surface area (Å²) in [6, 6.07) is 0. The maximum absolute atomic E-state index is 10.3. The molecule has 0 saturated heterocycles. The van der Waals surface area contributed by atoms with Crippen molar-refractivity contribution < 1.29 is 4.79 Å². The maximum Gasteiger partial charge on any atom is 0.248 e. The van der Waals surface area contributed by atoms with Crippen molar-refractivity contribution in [3.63, 3.8) is 0 Å². The van der Waals surface area contributed by atoms with Crippen molar-refractivity contribution in [1.82, 2.24) is 0 Å². The van der Waals surface area contributed by atoms with Gasteiger partial charge in [-0.05, 0) is 6.42 Å². The van der Waals surface area contributed by atoms with E-state index in [-0.39, 0.29) is 5.91 Å². The van der Waals surface area contributed by atoms with E-state index in [1.165, 1.54) is 0 Å². The Morgan fingerprint density at radius 1 is 1.75 bits per heavy atom. The van der Waals surface area contributed by atoms with Gasteiger partial charge < -0.3 is 5.73 Å². The van der Waals surface area contributed by atoms with Crippen LogP contribution in [0, 0.1) is 0 Å². The highest BCUT2D eigenvalue weighted by atomic mass is 16.1. The second-order valence-electron chi connectivity index (χ2n) is 1.66. The first-order valence-corrected chi connectivity index (χ1v) is 2.47. The number of hydrogen-bond donors (Lipinski definition) is 1. The first-order chi connectivity index (χ1) is 3.80. The minimum absolute atomic E-state index is 0.334. The molecule has 1 amide bonds. The van der Waals surface area contributed by atoms with Crippen LogP contribution in [0.5, 0.6) is 0 Å². The molecule has 0 aromatic carbocycles. The molecule has 0 spiro atoms. The van der Waals surface area contributed by atoms with Crippen LogP contribution in [0.15, 0.2) is 23.8 Å². The molecule has 0 aromatic rings. The van der Waals surface area contributed by atoms with Crippen molar-refractivity contribution in [2.75, 3.05) is 0 Å². The molecular weight excluding hydrogens is 102 g/mol. The van der Waals surface area contributed by atoms with Crippen molar-refractivity contribution in [2.24, 2.45) is 5.73 Å². The molecule has 0 fully saturated rings. The fraction of sp³-hybridized carbons (Fsp3) is 0.167. The Hall–Kier alpha value is -1.05. The third kappa shape index (κ3) is 0.780. The molecule has 0 aliphatic heterocycles. The lowest BCUT2D eigenvalue weighted by Crippen LogP contribution is -2.11. The van der Waals surface area contributed by atoms with Crippen LogP contribution < -0.4 is 5.73 Å². The summed E-state index contributed by atoms with van der Waals surface area (Å²) in [7, 11) is 0. The Kier molecular flexibility index (Phi) is 1.16. The first kappa shape index (κ1) is 5.09. The fourth-order valence-electron chi connectivity index (χ4n) is 0.641. The van der Waals surface area contributed by atoms with Crippen LogP contribution in [-0.2, 0) is 4.79 Å². The molecule has 2 nitrogen and oxygen atoms in total. The SMILES string of the molecule is NC(=O)C1=CCC=C1. The van der Waals surface area contributed by atoms with E-state index in [2.05, 4.69) is 0 Å². The van der Waals surface area contributed by atoms with Crippen molar-refractivity contribution in [2.45, 2.75) is 6.42 Å². The Morgan fingerprint density at radius 2 is 2.50 bits per heavy atom. The molecule has 8 heavy (non-hydrogen) atoms. The molecular formula is C6H7NO. The van der Waals surface area contributed by atoms with Crippen LogP contribution in [0.25, 0.3) is 0 Å². The van der Waals surface area contributed by atoms with Crippen LogP contribution in [0.4, 0.5) is 0 Å². The van der Waals surface area contributed by atoms with Gasteiger partial charge in [-0.3, -0.25) is 4.79 Å². The van der Waals surface area contributed by atoms with Gasteiger partial charge in [0.2, 0.25) is 5.91 Å². The lowest BCUT2D eigenvalue weighted by Gasteiger charge is -1.84. The Labute approximate surface area is 47.7 Å². The summed E-state index contributed by atoms with van der Waals surface area (Å²) in [5, 5.41) is 0. The van der Waals surface area contributed by atoms with Gasteiger partial charge in [0, 0.05) is 5.57 Å². The molecule has 0 aromatic heterocycles. The van der Waals surface area contributed by atoms with E-state index in [0.29, 0.717) is 5.57 Å². The van der Waals surface area contributed by atoms with Gasteiger partial charge in [0.15, 0.2) is 0 Å².